The van der Waals surface area contributed by atoms with Crippen LogP contribution < -0.4 is 0 Å². The molecule has 1 aromatic heterocycles. The van der Waals surface area contributed by atoms with E-state index in [-0.39, 0.29) is 17.9 Å². The second-order valence-corrected chi connectivity index (χ2v) is 5.08. The van der Waals surface area contributed by atoms with Crippen molar-refractivity contribution >= 4 is 7.60 Å². The van der Waals surface area contributed by atoms with Crippen molar-refractivity contribution in [2.75, 3.05) is 6.35 Å². The monoisotopic (exact) mass is 263 g/mol. The smallest absolute Gasteiger partial charge is 0.350 e. The number of aryl methyl sites for hydroxylation is 1. The van der Waals surface area contributed by atoms with Gasteiger partial charge in [-0.25, -0.2) is 0 Å². The lowest BCUT2D eigenvalue weighted by molar-refractivity contribution is 0.142. The summed E-state index contributed by atoms with van der Waals surface area (Å²) in [5.41, 5.74) is 1.01. The van der Waals surface area contributed by atoms with Gasteiger partial charge in [0.05, 0.1) is 18.9 Å². The number of ether oxygens (including phenoxy) is 1. The Morgan fingerprint density at radius 1 is 1.47 bits per heavy atom. The quantitative estimate of drug-likeness (QED) is 0.561. The van der Waals surface area contributed by atoms with Gasteiger partial charge in [0.2, 0.25) is 0 Å². The van der Waals surface area contributed by atoms with Crippen LogP contribution in [0, 0.1) is 6.92 Å². The second-order valence-electron chi connectivity index (χ2n) is 3.50. The Hall–Kier alpha value is -0.980. The fourth-order valence-electron chi connectivity index (χ4n) is 1.26. The number of pyridine rings is 1. The molecule has 1 aromatic rings. The van der Waals surface area contributed by atoms with E-state index in [1.807, 2.05) is 0 Å². The molecule has 8 heteroatoms. The van der Waals surface area contributed by atoms with Crippen molar-refractivity contribution in [1.29, 1.82) is 0 Å². The molecular formula is C9H14NO6P. The van der Waals surface area contributed by atoms with Crippen LogP contribution in [0.2, 0.25) is 0 Å². The first-order valence-corrected chi connectivity index (χ1v) is 6.54. The van der Waals surface area contributed by atoms with Crippen LogP contribution in [-0.4, -0.2) is 31.3 Å². The number of hydrogen-bond acceptors (Lipinski definition) is 5. The number of nitrogens with zero attached hydrogens (tertiary/aromatic N) is 1. The highest BCUT2D eigenvalue weighted by Crippen LogP contribution is 2.34. The van der Waals surface area contributed by atoms with Crippen LogP contribution in [0.25, 0.3) is 0 Å². The first-order valence-electron chi connectivity index (χ1n) is 4.74. The third-order valence-electron chi connectivity index (χ3n) is 2.11. The average Bonchev–Trinajstić information content (AvgIpc) is 2.22. The topological polar surface area (TPSA) is 120 Å². The van der Waals surface area contributed by atoms with Crippen LogP contribution in [0.1, 0.15) is 16.8 Å². The molecule has 0 fully saturated rings. The van der Waals surface area contributed by atoms with E-state index in [1.165, 1.54) is 6.20 Å². The van der Waals surface area contributed by atoms with Gasteiger partial charge in [-0.15, -0.1) is 0 Å². The summed E-state index contributed by atoms with van der Waals surface area (Å²) >= 11 is 0. The maximum absolute atomic E-state index is 10.6. The van der Waals surface area contributed by atoms with Crippen molar-refractivity contribution in [1.82, 2.24) is 4.98 Å². The Morgan fingerprint density at radius 2 is 2.12 bits per heavy atom. The molecule has 4 N–H and O–H groups in total. The minimum absolute atomic E-state index is 0.134. The molecule has 0 aliphatic rings. The number of aliphatic hydroxyl groups is 1. The number of rotatable bonds is 5. The molecule has 1 rings (SSSR count). The van der Waals surface area contributed by atoms with E-state index in [4.69, 9.17) is 19.6 Å². The molecule has 0 aliphatic heterocycles. The van der Waals surface area contributed by atoms with Crippen LogP contribution in [0.5, 0.6) is 5.75 Å². The van der Waals surface area contributed by atoms with Crippen molar-refractivity contribution in [2.45, 2.75) is 20.1 Å². The molecule has 96 valence electrons. The van der Waals surface area contributed by atoms with Gasteiger partial charge in [0.1, 0.15) is 12.1 Å². The van der Waals surface area contributed by atoms with Gasteiger partial charge in [0.25, 0.3) is 0 Å². The lowest BCUT2D eigenvalue weighted by Gasteiger charge is -2.11. The van der Waals surface area contributed by atoms with Crippen molar-refractivity contribution < 1.29 is 29.3 Å². The van der Waals surface area contributed by atoms with E-state index in [0.29, 0.717) is 11.3 Å². The number of aromatic hydroxyl groups is 1. The molecular weight excluding hydrogens is 249 g/mol. The molecule has 0 saturated carbocycles. The maximum Gasteiger partial charge on any atom is 0.350 e. The molecule has 1 heterocycles. The number of aromatic nitrogens is 1. The van der Waals surface area contributed by atoms with Gasteiger partial charge in [-0.3, -0.25) is 9.55 Å². The van der Waals surface area contributed by atoms with Crippen LogP contribution in [0.4, 0.5) is 0 Å². The first-order chi connectivity index (χ1) is 7.85. The van der Waals surface area contributed by atoms with Crippen molar-refractivity contribution in [3.05, 3.63) is 23.0 Å². The third-order valence-corrected chi connectivity index (χ3v) is 2.62. The van der Waals surface area contributed by atoms with Crippen LogP contribution >= 0.6 is 7.60 Å². The van der Waals surface area contributed by atoms with Crippen LogP contribution in [0.3, 0.4) is 0 Å². The van der Waals surface area contributed by atoms with E-state index in [1.54, 1.807) is 6.92 Å². The highest BCUT2D eigenvalue weighted by molar-refractivity contribution is 7.51. The zero-order valence-electron chi connectivity index (χ0n) is 9.20. The molecule has 0 aromatic carbocycles. The summed E-state index contributed by atoms with van der Waals surface area (Å²) in [5.74, 6) is -0.134. The molecule has 0 aliphatic carbocycles. The summed E-state index contributed by atoms with van der Waals surface area (Å²) in [6, 6.07) is 0. The molecule has 0 spiro atoms. The Kier molecular flexibility index (Phi) is 4.62. The predicted octanol–water partition coefficient (Wildman–Crippen LogP) is 0.240. The molecule has 0 radical (unpaired) electrons. The summed E-state index contributed by atoms with van der Waals surface area (Å²) in [6.45, 7) is 1.04. The summed E-state index contributed by atoms with van der Waals surface area (Å²) in [5, 5.41) is 18.7. The first kappa shape index (κ1) is 14.1. The van der Waals surface area contributed by atoms with Gasteiger partial charge < -0.3 is 24.7 Å². The molecule has 0 saturated heterocycles. The van der Waals surface area contributed by atoms with Crippen molar-refractivity contribution in [2.24, 2.45) is 0 Å². The zero-order chi connectivity index (χ0) is 13.1. The van der Waals surface area contributed by atoms with E-state index in [2.05, 4.69) is 4.98 Å². The minimum Gasteiger partial charge on any atom is -0.506 e. The lowest BCUT2D eigenvalue weighted by atomic mass is 10.1. The minimum atomic E-state index is -4.22. The summed E-state index contributed by atoms with van der Waals surface area (Å²) in [4.78, 5) is 21.1. The van der Waals surface area contributed by atoms with Crippen molar-refractivity contribution in [3.63, 3.8) is 0 Å². The summed E-state index contributed by atoms with van der Waals surface area (Å²) in [7, 11) is -4.22. The molecule has 0 bridgehead atoms. The molecule has 7 nitrogen and oxygen atoms in total. The van der Waals surface area contributed by atoms with E-state index in [0.717, 1.165) is 0 Å². The highest BCUT2D eigenvalue weighted by Gasteiger charge is 2.15. The zero-order valence-corrected chi connectivity index (χ0v) is 10.1. The van der Waals surface area contributed by atoms with Crippen LogP contribution in [-0.2, 0) is 22.5 Å². The Balaban J connectivity index is 2.78. The normalized spacial score (nSPS) is 11.8. The van der Waals surface area contributed by atoms with Gasteiger partial charge >= 0.3 is 7.60 Å². The number of aliphatic hydroxyl groups excluding tert-OH is 1. The SMILES string of the molecule is Cc1ncc(COCP(=O)(O)O)c(CO)c1O. The molecule has 17 heavy (non-hydrogen) atoms. The standard InChI is InChI=1S/C9H14NO6P/c1-6-9(12)8(3-11)7(2-10-6)4-16-5-17(13,14)15/h2,11-12H,3-5H2,1H3,(H2,13,14,15). The average molecular weight is 263 g/mol. The highest BCUT2D eigenvalue weighted by atomic mass is 31.2. The molecule has 0 unspecified atom stereocenters. The predicted molar refractivity (Wildman–Crippen MR) is 58.3 cm³/mol. The van der Waals surface area contributed by atoms with Gasteiger partial charge in [0.15, 0.2) is 0 Å². The van der Waals surface area contributed by atoms with Gasteiger partial charge in [-0.05, 0) is 6.92 Å². The maximum atomic E-state index is 10.6. The van der Waals surface area contributed by atoms with Gasteiger partial charge in [-0.2, -0.15) is 0 Å². The van der Waals surface area contributed by atoms with Gasteiger partial charge in [0, 0.05) is 17.3 Å². The Bertz CT molecular complexity index is 443. The van der Waals surface area contributed by atoms with Crippen LogP contribution in [0.15, 0.2) is 6.20 Å². The van der Waals surface area contributed by atoms with Crippen molar-refractivity contribution in [3.8, 4) is 5.75 Å². The lowest BCUT2D eigenvalue weighted by Crippen LogP contribution is -2.02. The largest absolute Gasteiger partial charge is 0.506 e. The fourth-order valence-corrected chi connectivity index (χ4v) is 1.59. The summed E-state index contributed by atoms with van der Waals surface area (Å²) in [6.07, 6.45) is 0.673. The van der Waals surface area contributed by atoms with E-state index in [9.17, 15) is 9.67 Å². The Morgan fingerprint density at radius 3 is 2.65 bits per heavy atom. The van der Waals surface area contributed by atoms with E-state index >= 15 is 0 Å². The Labute approximate surface area is 97.9 Å². The molecule has 0 atom stereocenters. The number of hydrogen-bond donors (Lipinski definition) is 4. The summed E-state index contributed by atoms with van der Waals surface area (Å²) < 4.78 is 15.3. The second kappa shape index (κ2) is 5.57. The van der Waals surface area contributed by atoms with Gasteiger partial charge in [-0.1, -0.05) is 0 Å². The molecule has 0 amide bonds. The third kappa shape index (κ3) is 4.07. The fraction of sp³-hybridized carbons (Fsp3) is 0.444. The van der Waals surface area contributed by atoms with E-state index < -0.39 is 20.6 Å².